The van der Waals surface area contributed by atoms with E-state index in [0.717, 1.165) is 9.48 Å². The molecule has 1 aromatic rings. The van der Waals surface area contributed by atoms with Crippen molar-refractivity contribution in [1.29, 1.82) is 0 Å². The number of thiazole rings is 1. The number of aromatic nitrogens is 1. The zero-order chi connectivity index (χ0) is 12.6. The molecule has 1 aliphatic heterocycles. The zero-order valence-corrected chi connectivity index (χ0v) is 11.7. The minimum absolute atomic E-state index is 0.349. The second-order valence-corrected chi connectivity index (χ2v) is 6.12. The minimum atomic E-state index is -0.979. The van der Waals surface area contributed by atoms with Crippen molar-refractivity contribution >= 4 is 33.4 Å². The summed E-state index contributed by atoms with van der Waals surface area (Å²) in [6.07, 6.45) is -0.124. The van der Waals surface area contributed by atoms with Gasteiger partial charge in [-0.05, 0) is 22.9 Å². The lowest BCUT2D eigenvalue weighted by Crippen LogP contribution is -2.44. The van der Waals surface area contributed by atoms with Gasteiger partial charge in [0.15, 0.2) is 0 Å². The van der Waals surface area contributed by atoms with E-state index in [1.165, 1.54) is 16.2 Å². The molecule has 0 radical (unpaired) electrons. The van der Waals surface area contributed by atoms with Crippen LogP contribution in [-0.4, -0.2) is 39.3 Å². The molecule has 0 spiro atoms. The fourth-order valence-corrected chi connectivity index (χ4v) is 3.35. The van der Waals surface area contributed by atoms with Gasteiger partial charge in [0.2, 0.25) is 0 Å². The van der Waals surface area contributed by atoms with E-state index in [1.807, 2.05) is 6.92 Å². The first-order valence-corrected chi connectivity index (χ1v) is 6.87. The number of carbonyl (C=O) groups is 1. The molecule has 94 valence electrons. The smallest absolute Gasteiger partial charge is 0.407 e. The summed E-state index contributed by atoms with van der Waals surface area (Å²) in [7, 11) is 0. The molecule has 2 heterocycles. The average molecular weight is 321 g/mol. The molecule has 1 amide bonds. The van der Waals surface area contributed by atoms with Crippen molar-refractivity contribution in [2.75, 3.05) is 13.1 Å². The summed E-state index contributed by atoms with van der Waals surface area (Å²) in [5.74, 6) is 0. The van der Waals surface area contributed by atoms with E-state index in [-0.39, 0.29) is 0 Å². The van der Waals surface area contributed by atoms with Gasteiger partial charge < -0.3 is 15.1 Å². The maximum absolute atomic E-state index is 10.8. The van der Waals surface area contributed by atoms with Crippen molar-refractivity contribution in [2.24, 2.45) is 0 Å². The molecule has 7 heteroatoms. The van der Waals surface area contributed by atoms with Crippen LogP contribution in [0.25, 0.3) is 0 Å². The molecule has 0 unspecified atom stereocenters. The lowest BCUT2D eigenvalue weighted by atomic mass is 9.92. The molecule has 1 aliphatic rings. The zero-order valence-electron chi connectivity index (χ0n) is 9.31. The molecular formula is C10H13BrN2O3S. The second-order valence-electron chi connectivity index (χ2n) is 4.17. The average Bonchev–Trinajstić information content (AvgIpc) is 2.60. The summed E-state index contributed by atoms with van der Waals surface area (Å²) in [4.78, 5) is 17.4. The Morgan fingerprint density at radius 2 is 2.12 bits per heavy atom. The SMILES string of the molecule is Cc1sc(C2(O)CCN(C(=O)O)CC2)nc1Br. The highest BCUT2D eigenvalue weighted by molar-refractivity contribution is 9.10. The number of carboxylic acid groups (broad SMARTS) is 1. The number of hydrogen-bond donors (Lipinski definition) is 2. The van der Waals surface area contributed by atoms with Crippen molar-refractivity contribution in [1.82, 2.24) is 9.88 Å². The van der Waals surface area contributed by atoms with E-state index >= 15 is 0 Å². The van der Waals surface area contributed by atoms with E-state index in [0.29, 0.717) is 30.9 Å². The van der Waals surface area contributed by atoms with Gasteiger partial charge >= 0.3 is 6.09 Å². The van der Waals surface area contributed by atoms with Gasteiger partial charge in [-0.25, -0.2) is 9.78 Å². The first kappa shape index (κ1) is 12.8. The summed E-state index contributed by atoms with van der Waals surface area (Å²) in [6, 6.07) is 0. The number of piperidine rings is 1. The molecule has 0 bridgehead atoms. The van der Waals surface area contributed by atoms with Crippen LogP contribution >= 0.6 is 27.3 Å². The van der Waals surface area contributed by atoms with Gasteiger partial charge in [0.25, 0.3) is 0 Å². The molecule has 0 saturated carbocycles. The van der Waals surface area contributed by atoms with Crippen LogP contribution < -0.4 is 0 Å². The van der Waals surface area contributed by atoms with E-state index < -0.39 is 11.7 Å². The molecule has 1 fully saturated rings. The highest BCUT2D eigenvalue weighted by Crippen LogP contribution is 2.37. The third-order valence-electron chi connectivity index (χ3n) is 3.00. The summed E-state index contributed by atoms with van der Waals surface area (Å²) in [5.41, 5.74) is -0.979. The Morgan fingerprint density at radius 3 is 2.53 bits per heavy atom. The number of nitrogens with zero attached hydrogens (tertiary/aromatic N) is 2. The molecule has 1 aromatic heterocycles. The lowest BCUT2D eigenvalue weighted by Gasteiger charge is -2.35. The van der Waals surface area contributed by atoms with Crippen LogP contribution in [0.3, 0.4) is 0 Å². The molecule has 17 heavy (non-hydrogen) atoms. The Morgan fingerprint density at radius 1 is 1.53 bits per heavy atom. The Kier molecular flexibility index (Phi) is 3.42. The largest absolute Gasteiger partial charge is 0.465 e. The molecule has 1 saturated heterocycles. The number of likely N-dealkylation sites (tertiary alicyclic amines) is 1. The quantitative estimate of drug-likeness (QED) is 0.831. The van der Waals surface area contributed by atoms with Crippen molar-refractivity contribution < 1.29 is 15.0 Å². The maximum Gasteiger partial charge on any atom is 0.407 e. The molecule has 2 N–H and O–H groups in total. The number of amides is 1. The summed E-state index contributed by atoms with van der Waals surface area (Å²) >= 11 is 4.78. The van der Waals surface area contributed by atoms with Crippen molar-refractivity contribution in [3.05, 3.63) is 14.5 Å². The van der Waals surface area contributed by atoms with Gasteiger partial charge in [0, 0.05) is 30.8 Å². The predicted molar refractivity (Wildman–Crippen MR) is 67.3 cm³/mol. The monoisotopic (exact) mass is 320 g/mol. The Hall–Kier alpha value is -0.660. The standard InChI is InChI=1S/C10H13BrN2O3S/c1-6-7(11)12-8(17-6)10(16)2-4-13(5-3-10)9(14)15/h16H,2-5H2,1H3,(H,14,15). The first-order valence-electron chi connectivity index (χ1n) is 5.26. The van der Waals surface area contributed by atoms with Gasteiger partial charge in [-0.15, -0.1) is 11.3 Å². The third-order valence-corrected chi connectivity index (χ3v) is 5.20. The van der Waals surface area contributed by atoms with Crippen molar-refractivity contribution in [3.63, 3.8) is 0 Å². The predicted octanol–water partition coefficient (Wildman–Crippen LogP) is 2.18. The maximum atomic E-state index is 10.8. The van der Waals surface area contributed by atoms with Crippen LogP contribution in [0, 0.1) is 6.92 Å². The van der Waals surface area contributed by atoms with Crippen molar-refractivity contribution in [3.8, 4) is 0 Å². The molecule has 0 atom stereocenters. The Bertz CT molecular complexity index is 421. The highest BCUT2D eigenvalue weighted by atomic mass is 79.9. The molecule has 0 aliphatic carbocycles. The second kappa shape index (κ2) is 4.55. The lowest BCUT2D eigenvalue weighted by molar-refractivity contribution is -0.0215. The fraction of sp³-hybridized carbons (Fsp3) is 0.600. The number of hydrogen-bond acceptors (Lipinski definition) is 4. The number of aryl methyl sites for hydroxylation is 1. The summed E-state index contributed by atoms with van der Waals surface area (Å²) < 4.78 is 0.756. The molecule has 2 rings (SSSR count). The van der Waals surface area contributed by atoms with Gasteiger partial charge in [-0.2, -0.15) is 0 Å². The van der Waals surface area contributed by atoms with Gasteiger partial charge in [0.05, 0.1) is 0 Å². The van der Waals surface area contributed by atoms with E-state index in [2.05, 4.69) is 20.9 Å². The summed E-state index contributed by atoms with van der Waals surface area (Å²) in [5, 5.41) is 20.0. The van der Waals surface area contributed by atoms with Gasteiger partial charge in [-0.1, -0.05) is 0 Å². The Labute approximate surface area is 111 Å². The van der Waals surface area contributed by atoms with Gasteiger partial charge in [-0.3, -0.25) is 0 Å². The molecular weight excluding hydrogens is 308 g/mol. The van der Waals surface area contributed by atoms with Crippen LogP contribution in [0.2, 0.25) is 0 Å². The number of halogens is 1. The third kappa shape index (κ3) is 2.46. The van der Waals surface area contributed by atoms with Crippen LogP contribution in [0.5, 0.6) is 0 Å². The van der Waals surface area contributed by atoms with E-state index in [9.17, 15) is 9.90 Å². The van der Waals surface area contributed by atoms with E-state index in [1.54, 1.807) is 0 Å². The Balaban J connectivity index is 2.14. The van der Waals surface area contributed by atoms with Crippen molar-refractivity contribution in [2.45, 2.75) is 25.4 Å². The first-order chi connectivity index (χ1) is 7.92. The normalized spacial score (nSPS) is 19.4. The highest BCUT2D eigenvalue weighted by Gasteiger charge is 2.38. The van der Waals surface area contributed by atoms with Gasteiger partial charge in [0.1, 0.15) is 15.2 Å². The van der Waals surface area contributed by atoms with Crippen LogP contribution in [0.1, 0.15) is 22.7 Å². The number of aliphatic hydroxyl groups is 1. The fourth-order valence-electron chi connectivity index (χ4n) is 1.86. The summed E-state index contributed by atoms with van der Waals surface area (Å²) in [6.45, 7) is 2.63. The minimum Gasteiger partial charge on any atom is -0.465 e. The topological polar surface area (TPSA) is 73.7 Å². The van der Waals surface area contributed by atoms with Crippen LogP contribution in [-0.2, 0) is 5.60 Å². The van der Waals surface area contributed by atoms with E-state index in [4.69, 9.17) is 5.11 Å². The molecule has 0 aromatic carbocycles. The molecule has 5 nitrogen and oxygen atoms in total. The van der Waals surface area contributed by atoms with Crippen LogP contribution in [0.4, 0.5) is 4.79 Å². The number of rotatable bonds is 1. The van der Waals surface area contributed by atoms with Crippen LogP contribution in [0.15, 0.2) is 4.60 Å².